The topological polar surface area (TPSA) is 72.6 Å². The Hall–Kier alpha value is -0.610. The van der Waals surface area contributed by atoms with E-state index in [1.807, 2.05) is 0 Å². The van der Waals surface area contributed by atoms with E-state index in [0.717, 1.165) is 12.8 Å². The highest BCUT2D eigenvalue weighted by Gasteiger charge is 2.13. The molecule has 0 radical (unpaired) electrons. The standard InChI is InChI=1S/C12H25NO3/c1-2-3-4-5-6-7-8-9-10-11(13)12(14)16-15/h11,15H,2-10,13H2,1H3. The lowest BCUT2D eigenvalue weighted by Gasteiger charge is -2.06. The number of carbonyl (C=O) groups is 1. The first kappa shape index (κ1) is 15.4. The van der Waals surface area contributed by atoms with Gasteiger partial charge in [0.15, 0.2) is 0 Å². The van der Waals surface area contributed by atoms with Gasteiger partial charge in [0.05, 0.1) is 0 Å². The maximum atomic E-state index is 10.8. The van der Waals surface area contributed by atoms with Gasteiger partial charge in [0, 0.05) is 0 Å². The van der Waals surface area contributed by atoms with Gasteiger partial charge >= 0.3 is 5.97 Å². The van der Waals surface area contributed by atoms with Crippen molar-refractivity contribution in [1.82, 2.24) is 0 Å². The lowest BCUT2D eigenvalue weighted by Crippen LogP contribution is -2.31. The summed E-state index contributed by atoms with van der Waals surface area (Å²) in [6.07, 6.45) is 10.3. The predicted molar refractivity (Wildman–Crippen MR) is 63.9 cm³/mol. The zero-order valence-corrected chi connectivity index (χ0v) is 10.3. The van der Waals surface area contributed by atoms with Crippen molar-refractivity contribution in [2.45, 2.75) is 70.8 Å². The third kappa shape index (κ3) is 8.68. The molecule has 0 spiro atoms. The van der Waals surface area contributed by atoms with Crippen LogP contribution in [-0.2, 0) is 9.68 Å². The van der Waals surface area contributed by atoms with E-state index in [4.69, 9.17) is 11.0 Å². The van der Waals surface area contributed by atoms with Crippen molar-refractivity contribution >= 4 is 5.97 Å². The van der Waals surface area contributed by atoms with Gasteiger partial charge in [-0.1, -0.05) is 58.3 Å². The van der Waals surface area contributed by atoms with E-state index in [1.54, 1.807) is 0 Å². The molecule has 0 aromatic heterocycles. The molecule has 4 nitrogen and oxygen atoms in total. The van der Waals surface area contributed by atoms with Gasteiger partial charge in [-0.15, -0.1) is 0 Å². The van der Waals surface area contributed by atoms with E-state index >= 15 is 0 Å². The molecule has 0 saturated carbocycles. The summed E-state index contributed by atoms with van der Waals surface area (Å²) in [7, 11) is 0. The number of hydrogen-bond acceptors (Lipinski definition) is 4. The number of nitrogens with two attached hydrogens (primary N) is 1. The minimum absolute atomic E-state index is 0.592. The fraction of sp³-hybridized carbons (Fsp3) is 0.917. The fourth-order valence-electron chi connectivity index (χ4n) is 1.68. The van der Waals surface area contributed by atoms with Crippen LogP contribution in [0.3, 0.4) is 0 Å². The van der Waals surface area contributed by atoms with Crippen LogP contribution in [0.5, 0.6) is 0 Å². The average molecular weight is 231 g/mol. The Morgan fingerprint density at radius 3 is 2.12 bits per heavy atom. The van der Waals surface area contributed by atoms with Gasteiger partial charge in [-0.05, 0) is 6.42 Å². The van der Waals surface area contributed by atoms with Crippen LogP contribution in [0.25, 0.3) is 0 Å². The summed E-state index contributed by atoms with van der Waals surface area (Å²) in [5.74, 6) is -0.733. The van der Waals surface area contributed by atoms with E-state index in [1.165, 1.54) is 38.5 Å². The van der Waals surface area contributed by atoms with Crippen molar-refractivity contribution in [1.29, 1.82) is 0 Å². The number of carbonyl (C=O) groups excluding carboxylic acids is 1. The molecule has 0 aromatic carbocycles. The van der Waals surface area contributed by atoms with Crippen molar-refractivity contribution < 1.29 is 14.9 Å². The summed E-state index contributed by atoms with van der Waals surface area (Å²) >= 11 is 0. The summed E-state index contributed by atoms with van der Waals surface area (Å²) in [6, 6.07) is -0.676. The lowest BCUT2D eigenvalue weighted by molar-refractivity contribution is -0.235. The third-order valence-corrected chi connectivity index (χ3v) is 2.76. The second kappa shape index (κ2) is 10.9. The Morgan fingerprint density at radius 2 is 1.62 bits per heavy atom. The predicted octanol–water partition coefficient (Wildman–Crippen LogP) is 2.86. The van der Waals surface area contributed by atoms with Crippen LogP contribution in [0.1, 0.15) is 64.7 Å². The van der Waals surface area contributed by atoms with Crippen LogP contribution in [-0.4, -0.2) is 17.3 Å². The molecule has 1 unspecified atom stereocenters. The first-order valence-corrected chi connectivity index (χ1v) is 6.33. The fourth-order valence-corrected chi connectivity index (χ4v) is 1.68. The lowest BCUT2D eigenvalue weighted by atomic mass is 10.1. The molecule has 0 aliphatic rings. The molecule has 0 bridgehead atoms. The van der Waals surface area contributed by atoms with E-state index in [9.17, 15) is 4.79 Å². The van der Waals surface area contributed by atoms with E-state index in [-0.39, 0.29) is 0 Å². The van der Waals surface area contributed by atoms with Crippen LogP contribution in [0, 0.1) is 0 Å². The molecule has 0 rings (SSSR count). The first-order valence-electron chi connectivity index (χ1n) is 6.33. The monoisotopic (exact) mass is 231 g/mol. The number of rotatable bonds is 10. The van der Waals surface area contributed by atoms with Gasteiger partial charge in [-0.25, -0.2) is 4.79 Å². The molecule has 0 amide bonds. The Bertz CT molecular complexity index is 174. The van der Waals surface area contributed by atoms with Crippen molar-refractivity contribution in [3.8, 4) is 0 Å². The normalized spacial score (nSPS) is 12.4. The van der Waals surface area contributed by atoms with Gasteiger partial charge in [0.2, 0.25) is 0 Å². The number of unbranched alkanes of at least 4 members (excludes halogenated alkanes) is 7. The van der Waals surface area contributed by atoms with Crippen molar-refractivity contribution in [2.75, 3.05) is 0 Å². The van der Waals surface area contributed by atoms with Gasteiger partial charge in [0.1, 0.15) is 6.04 Å². The van der Waals surface area contributed by atoms with Gasteiger partial charge in [-0.3, -0.25) is 4.89 Å². The molecule has 0 aliphatic heterocycles. The van der Waals surface area contributed by atoms with Crippen molar-refractivity contribution in [2.24, 2.45) is 5.73 Å². The second-order valence-corrected chi connectivity index (χ2v) is 4.28. The van der Waals surface area contributed by atoms with Crippen LogP contribution in [0.2, 0.25) is 0 Å². The molecule has 16 heavy (non-hydrogen) atoms. The zero-order valence-electron chi connectivity index (χ0n) is 10.3. The molecule has 0 saturated heterocycles. The minimum Gasteiger partial charge on any atom is -0.318 e. The summed E-state index contributed by atoms with van der Waals surface area (Å²) in [5.41, 5.74) is 5.47. The molecule has 96 valence electrons. The molecule has 0 heterocycles. The molecule has 3 N–H and O–H groups in total. The third-order valence-electron chi connectivity index (χ3n) is 2.76. The van der Waals surface area contributed by atoms with Gasteiger partial charge in [-0.2, -0.15) is 5.26 Å². The molecule has 0 fully saturated rings. The quantitative estimate of drug-likeness (QED) is 0.344. The minimum atomic E-state index is -0.733. The maximum Gasteiger partial charge on any atom is 0.358 e. The van der Waals surface area contributed by atoms with E-state index in [0.29, 0.717) is 6.42 Å². The van der Waals surface area contributed by atoms with Crippen LogP contribution in [0.15, 0.2) is 0 Å². The Morgan fingerprint density at radius 1 is 1.12 bits per heavy atom. The SMILES string of the molecule is CCCCCCCCCCC(N)C(=O)OO. The van der Waals surface area contributed by atoms with Crippen molar-refractivity contribution in [3.63, 3.8) is 0 Å². The molecule has 4 heteroatoms. The second-order valence-electron chi connectivity index (χ2n) is 4.28. The van der Waals surface area contributed by atoms with Gasteiger partial charge in [0.25, 0.3) is 0 Å². The maximum absolute atomic E-state index is 10.8. The molecular weight excluding hydrogens is 206 g/mol. The van der Waals surface area contributed by atoms with E-state index in [2.05, 4.69) is 11.8 Å². The van der Waals surface area contributed by atoms with Crippen LogP contribution >= 0.6 is 0 Å². The highest BCUT2D eigenvalue weighted by molar-refractivity contribution is 5.74. The number of hydrogen-bond donors (Lipinski definition) is 2. The largest absolute Gasteiger partial charge is 0.358 e. The first-order chi connectivity index (χ1) is 7.72. The summed E-state index contributed by atoms with van der Waals surface area (Å²) < 4.78 is 0. The van der Waals surface area contributed by atoms with Crippen molar-refractivity contribution in [3.05, 3.63) is 0 Å². The highest BCUT2D eigenvalue weighted by Crippen LogP contribution is 2.10. The van der Waals surface area contributed by atoms with Gasteiger partial charge < -0.3 is 5.73 Å². The average Bonchev–Trinajstić information content (AvgIpc) is 2.31. The highest BCUT2D eigenvalue weighted by atomic mass is 17.1. The summed E-state index contributed by atoms with van der Waals surface area (Å²) in [4.78, 5) is 14.3. The molecule has 0 aromatic rings. The molecule has 0 aliphatic carbocycles. The molecule has 1 atom stereocenters. The summed E-state index contributed by atoms with van der Waals surface area (Å²) in [5, 5.41) is 8.10. The smallest absolute Gasteiger partial charge is 0.318 e. The zero-order chi connectivity index (χ0) is 12.2. The van der Waals surface area contributed by atoms with E-state index < -0.39 is 12.0 Å². The Kier molecular flexibility index (Phi) is 10.5. The summed E-state index contributed by atoms with van der Waals surface area (Å²) in [6.45, 7) is 2.21. The van der Waals surface area contributed by atoms with Crippen LogP contribution < -0.4 is 5.73 Å². The Balaban J connectivity index is 3.17. The molecular formula is C12H25NO3. The Labute approximate surface area is 98.1 Å². The van der Waals surface area contributed by atoms with Crippen LogP contribution in [0.4, 0.5) is 0 Å².